The van der Waals surface area contributed by atoms with Crippen molar-refractivity contribution in [1.82, 2.24) is 30.8 Å². The molecule has 1 saturated carbocycles. The fourth-order valence-corrected chi connectivity index (χ4v) is 6.23. The van der Waals surface area contributed by atoms with Crippen LogP contribution in [0, 0.1) is 11.8 Å². The van der Waals surface area contributed by atoms with Crippen LogP contribution in [0.5, 0.6) is 0 Å². The molecule has 0 radical (unpaired) electrons. The molecule has 1 aliphatic carbocycles. The standard InChI is InChI=1S/C35H40N8O4.ClH/c36-22-24-6-10-27(11-7-24)33(44)38-31(34(45)37-30-14-12-26(13-15-30)32-39-41-42-40-32)20-23-4-8-25(9-5-23)28-2-1-3-29(21-28)35(46)43-16-18-47-19-17-43;/h1-5,8-9,12-15,21,24,27,31H,6-7,10-11,16-20,22,36H2,(H,37,45)(H,38,44)(H,39,40,41,42);1H/t24-,27-,31-;/m0./s1. The molecule has 5 N–H and O–H groups in total. The molecule has 2 fully saturated rings. The van der Waals surface area contributed by atoms with Crippen LogP contribution in [0.1, 0.15) is 41.6 Å². The van der Waals surface area contributed by atoms with Gasteiger partial charge in [0.1, 0.15) is 6.04 Å². The van der Waals surface area contributed by atoms with Crippen LogP contribution in [0.4, 0.5) is 5.69 Å². The molecule has 3 amide bonds. The molecule has 6 rings (SSSR count). The van der Waals surface area contributed by atoms with Crippen LogP contribution in [-0.2, 0) is 20.7 Å². The average Bonchev–Trinajstić information content (AvgIpc) is 3.67. The number of amides is 3. The van der Waals surface area contributed by atoms with Gasteiger partial charge in [-0.25, -0.2) is 0 Å². The van der Waals surface area contributed by atoms with Gasteiger partial charge in [-0.15, -0.1) is 22.6 Å². The maximum Gasteiger partial charge on any atom is 0.254 e. The lowest BCUT2D eigenvalue weighted by Crippen LogP contribution is -2.48. The van der Waals surface area contributed by atoms with E-state index < -0.39 is 6.04 Å². The molecule has 1 saturated heterocycles. The van der Waals surface area contributed by atoms with E-state index in [-0.39, 0.29) is 36.0 Å². The first kappa shape index (κ1) is 34.7. The number of hydrogen-bond acceptors (Lipinski definition) is 8. The minimum Gasteiger partial charge on any atom is -0.378 e. The van der Waals surface area contributed by atoms with Crippen LogP contribution in [-0.4, -0.2) is 82.1 Å². The number of anilines is 1. The fraction of sp³-hybridized carbons (Fsp3) is 0.371. The largest absolute Gasteiger partial charge is 0.378 e. The maximum absolute atomic E-state index is 13.6. The van der Waals surface area contributed by atoms with Crippen molar-refractivity contribution < 1.29 is 19.1 Å². The third kappa shape index (κ3) is 8.62. The predicted molar refractivity (Wildman–Crippen MR) is 184 cm³/mol. The van der Waals surface area contributed by atoms with Gasteiger partial charge in [-0.3, -0.25) is 14.4 Å². The van der Waals surface area contributed by atoms with Crippen LogP contribution < -0.4 is 16.4 Å². The van der Waals surface area contributed by atoms with Crippen LogP contribution in [0.3, 0.4) is 0 Å². The minimum absolute atomic E-state index is 0. The second kappa shape index (κ2) is 16.4. The third-order valence-corrected chi connectivity index (χ3v) is 9.07. The van der Waals surface area contributed by atoms with E-state index in [0.29, 0.717) is 62.3 Å². The number of carbonyl (C=O) groups is 3. The van der Waals surface area contributed by atoms with Crippen molar-refractivity contribution in [3.8, 4) is 22.5 Å². The lowest BCUT2D eigenvalue weighted by Gasteiger charge is -2.28. The Morgan fingerprint density at radius 3 is 2.29 bits per heavy atom. The number of nitrogens with two attached hydrogens (primary N) is 1. The monoisotopic (exact) mass is 672 g/mol. The van der Waals surface area contributed by atoms with Gasteiger partial charge in [0.2, 0.25) is 17.6 Å². The number of benzene rings is 3. The minimum atomic E-state index is -0.785. The summed E-state index contributed by atoms with van der Waals surface area (Å²) in [6, 6.07) is 21.8. The van der Waals surface area contributed by atoms with Crippen LogP contribution in [0.25, 0.3) is 22.5 Å². The van der Waals surface area contributed by atoms with Gasteiger partial charge in [-0.1, -0.05) is 36.4 Å². The first-order valence-corrected chi connectivity index (χ1v) is 16.2. The molecule has 1 aromatic heterocycles. The summed E-state index contributed by atoms with van der Waals surface area (Å²) >= 11 is 0. The molecule has 0 bridgehead atoms. The Hall–Kier alpha value is -4.65. The normalized spacial score (nSPS) is 18.3. The molecule has 12 nitrogen and oxygen atoms in total. The number of tetrazole rings is 1. The van der Waals surface area contributed by atoms with E-state index in [9.17, 15) is 14.4 Å². The zero-order chi connectivity index (χ0) is 32.6. The Labute approximate surface area is 285 Å². The topological polar surface area (TPSA) is 168 Å². The van der Waals surface area contributed by atoms with E-state index in [1.165, 1.54) is 0 Å². The summed E-state index contributed by atoms with van der Waals surface area (Å²) in [7, 11) is 0. The molecule has 13 heteroatoms. The highest BCUT2D eigenvalue weighted by Crippen LogP contribution is 2.29. The number of carbonyl (C=O) groups excluding carboxylic acids is 3. The second-order valence-corrected chi connectivity index (χ2v) is 12.2. The average molecular weight is 673 g/mol. The Morgan fingerprint density at radius 1 is 0.917 bits per heavy atom. The second-order valence-electron chi connectivity index (χ2n) is 12.2. The highest BCUT2D eigenvalue weighted by atomic mass is 35.5. The predicted octanol–water partition coefficient (Wildman–Crippen LogP) is 3.86. The lowest BCUT2D eigenvalue weighted by atomic mass is 9.81. The van der Waals surface area contributed by atoms with Crippen molar-refractivity contribution in [1.29, 1.82) is 0 Å². The van der Waals surface area contributed by atoms with Crippen molar-refractivity contribution in [2.45, 2.75) is 38.1 Å². The van der Waals surface area contributed by atoms with Gasteiger partial charge in [0, 0.05) is 42.2 Å². The number of aromatic amines is 1. The SMILES string of the molecule is Cl.NC[C@H]1CC[C@H](C(=O)N[C@@H](Cc2ccc(-c3cccc(C(=O)N4CCOCC4)c3)cc2)C(=O)Nc2ccc(-c3nn[nH]n3)cc2)CC1. The van der Waals surface area contributed by atoms with Gasteiger partial charge in [0.05, 0.1) is 13.2 Å². The molecular weight excluding hydrogens is 632 g/mol. The van der Waals surface area contributed by atoms with Crippen LogP contribution in [0.2, 0.25) is 0 Å². The van der Waals surface area contributed by atoms with Crippen molar-refractivity contribution in [2.24, 2.45) is 17.6 Å². The summed E-state index contributed by atoms with van der Waals surface area (Å²) in [5, 5.41) is 20.0. The Balaban J connectivity index is 0.00000451. The number of nitrogens with one attached hydrogen (secondary N) is 3. The van der Waals surface area contributed by atoms with E-state index in [1.807, 2.05) is 53.4 Å². The molecular formula is C35H41ClN8O4. The first-order valence-electron chi connectivity index (χ1n) is 16.2. The van der Waals surface area contributed by atoms with E-state index in [0.717, 1.165) is 47.9 Å². The Kier molecular flexibility index (Phi) is 11.9. The zero-order valence-corrected chi connectivity index (χ0v) is 27.5. The number of aromatic nitrogens is 4. The summed E-state index contributed by atoms with van der Waals surface area (Å²) in [6.45, 7) is 2.91. The third-order valence-electron chi connectivity index (χ3n) is 9.07. The quantitative estimate of drug-likeness (QED) is 0.197. The number of ether oxygens (including phenoxy) is 1. The van der Waals surface area contributed by atoms with E-state index in [4.69, 9.17) is 10.5 Å². The lowest BCUT2D eigenvalue weighted by molar-refractivity contribution is -0.130. The molecule has 3 aromatic carbocycles. The van der Waals surface area contributed by atoms with Crippen LogP contribution in [0.15, 0.2) is 72.8 Å². The van der Waals surface area contributed by atoms with Gasteiger partial charge < -0.3 is 26.0 Å². The molecule has 1 aliphatic heterocycles. The van der Waals surface area contributed by atoms with Gasteiger partial charge >= 0.3 is 0 Å². The molecule has 48 heavy (non-hydrogen) atoms. The summed E-state index contributed by atoms with van der Waals surface area (Å²) in [4.78, 5) is 41.9. The van der Waals surface area contributed by atoms with Crippen molar-refractivity contribution in [3.63, 3.8) is 0 Å². The number of halogens is 1. The van der Waals surface area contributed by atoms with E-state index in [2.05, 4.69) is 31.3 Å². The summed E-state index contributed by atoms with van der Waals surface area (Å²) in [5.41, 5.74) is 10.6. The number of hydrogen-bond donors (Lipinski definition) is 4. The highest BCUT2D eigenvalue weighted by Gasteiger charge is 2.29. The number of H-pyrrole nitrogens is 1. The number of rotatable bonds is 10. The fourth-order valence-electron chi connectivity index (χ4n) is 6.23. The van der Waals surface area contributed by atoms with Crippen LogP contribution >= 0.6 is 12.4 Å². The van der Waals surface area contributed by atoms with E-state index in [1.54, 1.807) is 24.3 Å². The van der Waals surface area contributed by atoms with Crippen molar-refractivity contribution in [3.05, 3.63) is 83.9 Å². The van der Waals surface area contributed by atoms with E-state index >= 15 is 0 Å². The molecule has 252 valence electrons. The Morgan fingerprint density at radius 2 is 1.62 bits per heavy atom. The molecule has 0 unspecified atom stereocenters. The molecule has 4 aromatic rings. The van der Waals surface area contributed by atoms with Gasteiger partial charge in [0.15, 0.2) is 0 Å². The van der Waals surface area contributed by atoms with Gasteiger partial charge in [-0.2, -0.15) is 5.21 Å². The maximum atomic E-state index is 13.6. The molecule has 2 heterocycles. The summed E-state index contributed by atoms with van der Waals surface area (Å²) in [6.07, 6.45) is 3.67. The zero-order valence-electron chi connectivity index (χ0n) is 26.6. The number of nitrogens with zero attached hydrogens (tertiary/aromatic N) is 4. The van der Waals surface area contributed by atoms with Crippen molar-refractivity contribution in [2.75, 3.05) is 38.2 Å². The molecule has 0 spiro atoms. The van der Waals surface area contributed by atoms with Crippen molar-refractivity contribution >= 4 is 35.8 Å². The first-order chi connectivity index (χ1) is 23.0. The highest BCUT2D eigenvalue weighted by molar-refractivity contribution is 5.98. The summed E-state index contributed by atoms with van der Waals surface area (Å²) in [5.74, 6) is 0.349. The van der Waals surface area contributed by atoms with Gasteiger partial charge in [0.25, 0.3) is 5.91 Å². The smallest absolute Gasteiger partial charge is 0.254 e. The molecule has 1 atom stereocenters. The Bertz CT molecular complexity index is 1650. The van der Waals surface area contributed by atoms with Gasteiger partial charge in [-0.05, 0) is 96.4 Å². The number of morpholine rings is 1. The summed E-state index contributed by atoms with van der Waals surface area (Å²) < 4.78 is 5.39. The molecule has 2 aliphatic rings.